The highest BCUT2D eigenvalue weighted by atomic mass is 19.4. The van der Waals surface area contributed by atoms with Gasteiger partial charge in [-0.05, 0) is 27.2 Å². The van der Waals surface area contributed by atoms with E-state index in [-0.39, 0.29) is 11.4 Å². The quantitative estimate of drug-likeness (QED) is 0.876. The number of aromatic nitrogens is 2. The van der Waals surface area contributed by atoms with Gasteiger partial charge in [0, 0.05) is 18.6 Å². The van der Waals surface area contributed by atoms with E-state index in [0.29, 0.717) is 25.2 Å². The molecule has 4 nitrogen and oxygen atoms in total. The molecule has 0 fully saturated rings. The van der Waals surface area contributed by atoms with Crippen molar-refractivity contribution < 1.29 is 13.2 Å². The first-order valence-corrected chi connectivity index (χ1v) is 6.98. The van der Waals surface area contributed by atoms with E-state index in [1.54, 1.807) is 0 Å². The van der Waals surface area contributed by atoms with Crippen molar-refractivity contribution in [1.82, 2.24) is 15.3 Å². The number of rotatable bonds is 6. The zero-order valence-electron chi connectivity index (χ0n) is 13.0. The van der Waals surface area contributed by atoms with Crippen molar-refractivity contribution in [2.24, 2.45) is 0 Å². The third-order valence-electron chi connectivity index (χ3n) is 2.68. The summed E-state index contributed by atoms with van der Waals surface area (Å²) in [7, 11) is 0. The lowest BCUT2D eigenvalue weighted by Gasteiger charge is -2.24. The molecule has 0 atom stereocenters. The van der Waals surface area contributed by atoms with E-state index in [9.17, 15) is 13.2 Å². The highest BCUT2D eigenvalue weighted by molar-refractivity contribution is 5.36. The van der Waals surface area contributed by atoms with Crippen LogP contribution in [-0.2, 0) is 6.54 Å². The van der Waals surface area contributed by atoms with Gasteiger partial charge in [0.2, 0.25) is 0 Å². The predicted molar refractivity (Wildman–Crippen MR) is 77.2 cm³/mol. The Morgan fingerprint density at radius 2 is 1.81 bits per heavy atom. The Morgan fingerprint density at radius 1 is 1.14 bits per heavy atom. The molecule has 0 radical (unpaired) electrons. The molecule has 120 valence electrons. The van der Waals surface area contributed by atoms with Gasteiger partial charge in [-0.2, -0.15) is 13.2 Å². The lowest BCUT2D eigenvalue weighted by molar-refractivity contribution is -0.119. The summed E-state index contributed by atoms with van der Waals surface area (Å²) in [5.41, 5.74) is 0.655. The molecule has 0 unspecified atom stereocenters. The van der Waals surface area contributed by atoms with Crippen molar-refractivity contribution >= 4 is 5.82 Å². The summed E-state index contributed by atoms with van der Waals surface area (Å²) in [6, 6.07) is 0. The second-order valence-electron chi connectivity index (χ2n) is 6.01. The molecule has 1 aromatic heterocycles. The molecule has 0 spiro atoms. The number of nitrogens with zero attached hydrogens (tertiary/aromatic N) is 3. The van der Waals surface area contributed by atoms with Crippen LogP contribution in [0.4, 0.5) is 19.0 Å². The summed E-state index contributed by atoms with van der Waals surface area (Å²) in [6.45, 7) is 7.74. The predicted octanol–water partition coefficient (Wildman–Crippen LogP) is 3.14. The Kier molecular flexibility index (Phi) is 5.95. The Morgan fingerprint density at radius 3 is 2.24 bits per heavy atom. The van der Waals surface area contributed by atoms with E-state index in [0.717, 1.165) is 0 Å². The Labute approximate surface area is 123 Å². The van der Waals surface area contributed by atoms with E-state index in [4.69, 9.17) is 0 Å². The molecule has 1 rings (SSSR count). The minimum absolute atomic E-state index is 0.0507. The normalized spacial score (nSPS) is 12.5. The van der Waals surface area contributed by atoms with Crippen LogP contribution in [0.3, 0.4) is 0 Å². The lowest BCUT2D eigenvalue weighted by Crippen LogP contribution is -2.36. The average molecular weight is 304 g/mol. The van der Waals surface area contributed by atoms with Gasteiger partial charge in [0.1, 0.15) is 12.4 Å². The molecular weight excluding hydrogens is 281 g/mol. The molecule has 7 heteroatoms. The standard InChI is InChI=1S/C14H23F3N4/c1-5-6-21(10-14(15,16)17)12-9-18-11(7-19-12)8-20-13(2,3)4/h7,9,20H,5-6,8,10H2,1-4H3. The number of hydrogen-bond donors (Lipinski definition) is 1. The summed E-state index contributed by atoms with van der Waals surface area (Å²) >= 11 is 0. The number of halogens is 3. The van der Waals surface area contributed by atoms with Crippen LogP contribution in [0.2, 0.25) is 0 Å². The van der Waals surface area contributed by atoms with Crippen LogP contribution in [0.25, 0.3) is 0 Å². The van der Waals surface area contributed by atoms with Gasteiger partial charge in [-0.1, -0.05) is 6.92 Å². The topological polar surface area (TPSA) is 41.1 Å². The molecular formula is C14H23F3N4. The van der Waals surface area contributed by atoms with Crippen LogP contribution in [0.15, 0.2) is 12.4 Å². The SMILES string of the molecule is CCCN(CC(F)(F)F)c1cnc(CNC(C)(C)C)cn1. The summed E-state index contributed by atoms with van der Waals surface area (Å²) in [4.78, 5) is 9.49. The van der Waals surface area contributed by atoms with Crippen LogP contribution in [-0.4, -0.2) is 34.8 Å². The van der Waals surface area contributed by atoms with Gasteiger partial charge in [0.15, 0.2) is 0 Å². The average Bonchev–Trinajstić information content (AvgIpc) is 2.34. The first kappa shape index (κ1) is 17.7. The van der Waals surface area contributed by atoms with Crippen molar-refractivity contribution in [2.45, 2.75) is 52.4 Å². The fourth-order valence-electron chi connectivity index (χ4n) is 1.72. The molecule has 1 heterocycles. The Hall–Kier alpha value is -1.37. The van der Waals surface area contributed by atoms with Crippen LogP contribution in [0.1, 0.15) is 39.8 Å². The molecule has 1 aromatic rings. The molecule has 0 saturated carbocycles. The molecule has 0 aromatic carbocycles. The fraction of sp³-hybridized carbons (Fsp3) is 0.714. The van der Waals surface area contributed by atoms with Gasteiger partial charge < -0.3 is 10.2 Å². The molecule has 0 aliphatic heterocycles. The number of nitrogens with one attached hydrogen (secondary N) is 1. The van der Waals surface area contributed by atoms with Crippen LogP contribution in [0, 0.1) is 0 Å². The second kappa shape index (κ2) is 7.06. The summed E-state index contributed by atoms with van der Waals surface area (Å²) in [5.74, 6) is 0.258. The van der Waals surface area contributed by atoms with Crippen molar-refractivity contribution in [3.8, 4) is 0 Å². The summed E-state index contributed by atoms with van der Waals surface area (Å²) < 4.78 is 37.6. The van der Waals surface area contributed by atoms with Crippen molar-refractivity contribution in [3.63, 3.8) is 0 Å². The number of hydrogen-bond acceptors (Lipinski definition) is 4. The lowest BCUT2D eigenvalue weighted by atomic mass is 10.1. The molecule has 0 saturated heterocycles. The second-order valence-corrected chi connectivity index (χ2v) is 6.01. The molecule has 0 amide bonds. The van der Waals surface area contributed by atoms with E-state index in [2.05, 4.69) is 15.3 Å². The zero-order chi connectivity index (χ0) is 16.1. The van der Waals surface area contributed by atoms with Gasteiger partial charge in [-0.3, -0.25) is 4.98 Å². The zero-order valence-corrected chi connectivity index (χ0v) is 13.0. The Balaban J connectivity index is 2.73. The third kappa shape index (κ3) is 7.27. The molecule has 0 aliphatic rings. The maximum Gasteiger partial charge on any atom is 0.405 e. The van der Waals surface area contributed by atoms with E-state index >= 15 is 0 Å². The minimum atomic E-state index is -4.25. The summed E-state index contributed by atoms with van der Waals surface area (Å²) in [5, 5.41) is 3.25. The van der Waals surface area contributed by atoms with Crippen LogP contribution < -0.4 is 10.2 Å². The monoisotopic (exact) mass is 304 g/mol. The molecule has 21 heavy (non-hydrogen) atoms. The first-order valence-electron chi connectivity index (χ1n) is 6.98. The third-order valence-corrected chi connectivity index (χ3v) is 2.68. The van der Waals surface area contributed by atoms with Crippen molar-refractivity contribution in [3.05, 3.63) is 18.1 Å². The highest BCUT2D eigenvalue weighted by Gasteiger charge is 2.31. The largest absolute Gasteiger partial charge is 0.405 e. The minimum Gasteiger partial charge on any atom is -0.346 e. The van der Waals surface area contributed by atoms with Crippen molar-refractivity contribution in [1.29, 1.82) is 0 Å². The number of alkyl halides is 3. The maximum absolute atomic E-state index is 12.5. The molecule has 0 aliphatic carbocycles. The molecule has 1 N–H and O–H groups in total. The van der Waals surface area contributed by atoms with E-state index in [1.807, 2.05) is 27.7 Å². The van der Waals surface area contributed by atoms with E-state index in [1.165, 1.54) is 17.3 Å². The Bertz CT molecular complexity index is 423. The van der Waals surface area contributed by atoms with Gasteiger partial charge in [0.25, 0.3) is 0 Å². The van der Waals surface area contributed by atoms with Crippen molar-refractivity contribution in [2.75, 3.05) is 18.0 Å². The van der Waals surface area contributed by atoms with E-state index < -0.39 is 12.7 Å². The van der Waals surface area contributed by atoms with Gasteiger partial charge in [-0.25, -0.2) is 4.98 Å². The van der Waals surface area contributed by atoms with Gasteiger partial charge >= 0.3 is 6.18 Å². The summed E-state index contributed by atoms with van der Waals surface area (Å²) in [6.07, 6.45) is -0.706. The van der Waals surface area contributed by atoms with Gasteiger partial charge in [0.05, 0.1) is 18.1 Å². The van der Waals surface area contributed by atoms with Gasteiger partial charge in [-0.15, -0.1) is 0 Å². The first-order chi connectivity index (χ1) is 9.61. The van der Waals surface area contributed by atoms with Crippen LogP contribution in [0.5, 0.6) is 0 Å². The maximum atomic E-state index is 12.5. The smallest absolute Gasteiger partial charge is 0.346 e. The highest BCUT2D eigenvalue weighted by Crippen LogP contribution is 2.20. The van der Waals surface area contributed by atoms with Crippen LogP contribution >= 0.6 is 0 Å². The fourth-order valence-corrected chi connectivity index (χ4v) is 1.72. The number of anilines is 1. The molecule has 0 bridgehead atoms.